The number of hydrogen-bond acceptors (Lipinski definition) is 2. The molecule has 0 aliphatic rings. The van der Waals surface area contributed by atoms with E-state index < -0.39 is 0 Å². The molecule has 21 heavy (non-hydrogen) atoms. The van der Waals surface area contributed by atoms with Crippen molar-refractivity contribution >= 4 is 23.2 Å². The lowest BCUT2D eigenvalue weighted by atomic mass is 10.1. The monoisotopic (exact) mass is 303 g/mol. The molecule has 2 aromatic carbocycles. The first kappa shape index (κ1) is 15.4. The Morgan fingerprint density at radius 2 is 1.86 bits per heavy atom. The Hall–Kier alpha value is -2.00. The lowest BCUT2D eigenvalue weighted by molar-refractivity contribution is -0.116. The molecule has 4 heteroatoms. The Labute approximate surface area is 129 Å². The molecule has 0 bridgehead atoms. The van der Waals surface area contributed by atoms with Crippen LogP contribution in [0.15, 0.2) is 42.5 Å². The Morgan fingerprint density at radius 1 is 1.14 bits per heavy atom. The minimum atomic E-state index is -0.0577. The average Bonchev–Trinajstić information content (AvgIpc) is 2.45. The zero-order valence-corrected chi connectivity index (χ0v) is 12.9. The third-order valence-corrected chi connectivity index (χ3v) is 3.33. The van der Waals surface area contributed by atoms with E-state index in [1.165, 1.54) is 0 Å². The van der Waals surface area contributed by atoms with E-state index in [1.807, 2.05) is 32.0 Å². The first-order valence-corrected chi connectivity index (χ1v) is 7.18. The van der Waals surface area contributed by atoms with E-state index in [0.29, 0.717) is 23.8 Å². The highest BCUT2D eigenvalue weighted by Crippen LogP contribution is 2.17. The van der Waals surface area contributed by atoms with Crippen LogP contribution in [0.2, 0.25) is 5.02 Å². The SMILES string of the molecule is Cc1ccc(C)c(NC(=O)CCOc2ccc(Cl)cc2)c1. The van der Waals surface area contributed by atoms with Crippen LogP contribution in [0.1, 0.15) is 17.5 Å². The summed E-state index contributed by atoms with van der Waals surface area (Å²) in [7, 11) is 0. The largest absolute Gasteiger partial charge is 0.493 e. The van der Waals surface area contributed by atoms with Crippen molar-refractivity contribution in [1.29, 1.82) is 0 Å². The van der Waals surface area contributed by atoms with Crippen LogP contribution in [0.5, 0.6) is 5.75 Å². The molecule has 1 amide bonds. The number of rotatable bonds is 5. The molecule has 0 heterocycles. The van der Waals surface area contributed by atoms with Crippen molar-refractivity contribution < 1.29 is 9.53 Å². The fourth-order valence-corrected chi connectivity index (χ4v) is 2.00. The van der Waals surface area contributed by atoms with Crippen molar-refractivity contribution in [1.82, 2.24) is 0 Å². The van der Waals surface area contributed by atoms with Crippen molar-refractivity contribution in [2.45, 2.75) is 20.3 Å². The molecule has 0 aliphatic carbocycles. The summed E-state index contributed by atoms with van der Waals surface area (Å²) in [6, 6.07) is 13.1. The molecule has 0 aliphatic heterocycles. The van der Waals surface area contributed by atoms with Gasteiger partial charge in [0.1, 0.15) is 5.75 Å². The summed E-state index contributed by atoms with van der Waals surface area (Å²) < 4.78 is 5.50. The Balaban J connectivity index is 1.82. The average molecular weight is 304 g/mol. The molecule has 2 aromatic rings. The molecule has 0 fully saturated rings. The molecule has 0 saturated carbocycles. The highest BCUT2D eigenvalue weighted by Gasteiger charge is 2.05. The molecule has 0 spiro atoms. The van der Waals surface area contributed by atoms with Crippen molar-refractivity contribution in [2.75, 3.05) is 11.9 Å². The summed E-state index contributed by atoms with van der Waals surface area (Å²) in [5.74, 6) is 0.650. The summed E-state index contributed by atoms with van der Waals surface area (Å²) in [5, 5.41) is 3.57. The van der Waals surface area contributed by atoms with Gasteiger partial charge in [-0.15, -0.1) is 0 Å². The summed E-state index contributed by atoms with van der Waals surface area (Å²) in [6.45, 7) is 4.30. The second kappa shape index (κ2) is 7.14. The second-order valence-electron chi connectivity index (χ2n) is 4.92. The molecular weight excluding hydrogens is 286 g/mol. The van der Waals surface area contributed by atoms with Crippen molar-refractivity contribution in [3.8, 4) is 5.75 Å². The van der Waals surface area contributed by atoms with E-state index in [1.54, 1.807) is 24.3 Å². The van der Waals surface area contributed by atoms with Crippen LogP contribution in [0.25, 0.3) is 0 Å². The van der Waals surface area contributed by atoms with Gasteiger partial charge in [-0.2, -0.15) is 0 Å². The maximum atomic E-state index is 11.9. The lowest BCUT2D eigenvalue weighted by Gasteiger charge is -2.10. The molecule has 0 atom stereocenters. The first-order chi connectivity index (χ1) is 10.0. The van der Waals surface area contributed by atoms with Gasteiger partial charge in [0.2, 0.25) is 5.91 Å². The molecule has 0 saturated heterocycles. The predicted octanol–water partition coefficient (Wildman–Crippen LogP) is 4.36. The summed E-state index contributed by atoms with van der Waals surface area (Å²) >= 11 is 5.79. The van der Waals surface area contributed by atoms with E-state index in [-0.39, 0.29) is 5.91 Å². The second-order valence-corrected chi connectivity index (χ2v) is 5.36. The van der Waals surface area contributed by atoms with Gasteiger partial charge in [-0.3, -0.25) is 4.79 Å². The molecular formula is C17H18ClNO2. The highest BCUT2D eigenvalue weighted by molar-refractivity contribution is 6.30. The van der Waals surface area contributed by atoms with Gasteiger partial charge in [-0.1, -0.05) is 23.7 Å². The molecule has 0 radical (unpaired) electrons. The van der Waals surface area contributed by atoms with Gasteiger partial charge < -0.3 is 10.1 Å². The van der Waals surface area contributed by atoms with Crippen LogP contribution in [-0.4, -0.2) is 12.5 Å². The minimum absolute atomic E-state index is 0.0577. The number of anilines is 1. The predicted molar refractivity (Wildman–Crippen MR) is 86.1 cm³/mol. The molecule has 1 N–H and O–H groups in total. The van der Waals surface area contributed by atoms with E-state index >= 15 is 0 Å². The van der Waals surface area contributed by atoms with E-state index in [9.17, 15) is 4.79 Å². The summed E-state index contributed by atoms with van der Waals surface area (Å²) in [4.78, 5) is 11.9. The van der Waals surface area contributed by atoms with Crippen molar-refractivity contribution in [2.24, 2.45) is 0 Å². The van der Waals surface area contributed by atoms with Gasteiger partial charge in [0.15, 0.2) is 0 Å². The van der Waals surface area contributed by atoms with Crippen LogP contribution in [0, 0.1) is 13.8 Å². The van der Waals surface area contributed by atoms with Crippen LogP contribution in [-0.2, 0) is 4.79 Å². The van der Waals surface area contributed by atoms with Gasteiger partial charge in [-0.05, 0) is 55.3 Å². The number of ether oxygens (including phenoxy) is 1. The standard InChI is InChI=1S/C17H18ClNO2/c1-12-3-4-13(2)16(11-12)19-17(20)9-10-21-15-7-5-14(18)6-8-15/h3-8,11H,9-10H2,1-2H3,(H,19,20). The molecule has 0 unspecified atom stereocenters. The Morgan fingerprint density at radius 3 is 2.57 bits per heavy atom. The number of carbonyl (C=O) groups excluding carboxylic acids is 1. The highest BCUT2D eigenvalue weighted by atomic mass is 35.5. The Kier molecular flexibility index (Phi) is 5.23. The number of nitrogens with one attached hydrogen (secondary N) is 1. The third-order valence-electron chi connectivity index (χ3n) is 3.08. The number of aryl methyl sites for hydroxylation is 2. The Bertz CT molecular complexity index is 623. The van der Waals surface area contributed by atoms with E-state index in [4.69, 9.17) is 16.3 Å². The number of halogens is 1. The van der Waals surface area contributed by atoms with Gasteiger partial charge in [-0.25, -0.2) is 0 Å². The van der Waals surface area contributed by atoms with E-state index in [0.717, 1.165) is 16.8 Å². The van der Waals surface area contributed by atoms with E-state index in [2.05, 4.69) is 5.32 Å². The number of benzene rings is 2. The third kappa shape index (κ3) is 4.80. The minimum Gasteiger partial charge on any atom is -0.493 e. The fraction of sp³-hybridized carbons (Fsp3) is 0.235. The van der Waals surface area contributed by atoms with Gasteiger partial charge in [0.25, 0.3) is 0 Å². The maximum absolute atomic E-state index is 11.9. The van der Waals surface area contributed by atoms with Crippen LogP contribution >= 0.6 is 11.6 Å². The number of carbonyl (C=O) groups is 1. The van der Waals surface area contributed by atoms with Crippen LogP contribution < -0.4 is 10.1 Å². The lowest BCUT2D eigenvalue weighted by Crippen LogP contribution is -2.15. The summed E-state index contributed by atoms with van der Waals surface area (Å²) in [5.41, 5.74) is 3.02. The molecule has 3 nitrogen and oxygen atoms in total. The number of amides is 1. The van der Waals surface area contributed by atoms with Crippen LogP contribution in [0.4, 0.5) is 5.69 Å². The van der Waals surface area contributed by atoms with Gasteiger partial charge in [0.05, 0.1) is 13.0 Å². The quantitative estimate of drug-likeness (QED) is 0.891. The number of hydrogen-bond donors (Lipinski definition) is 1. The first-order valence-electron chi connectivity index (χ1n) is 6.80. The molecule has 0 aromatic heterocycles. The van der Waals surface area contributed by atoms with Gasteiger partial charge >= 0.3 is 0 Å². The zero-order valence-electron chi connectivity index (χ0n) is 12.2. The molecule has 2 rings (SSSR count). The van der Waals surface area contributed by atoms with Gasteiger partial charge in [0, 0.05) is 10.7 Å². The smallest absolute Gasteiger partial charge is 0.227 e. The molecule has 110 valence electrons. The van der Waals surface area contributed by atoms with Crippen molar-refractivity contribution in [3.63, 3.8) is 0 Å². The van der Waals surface area contributed by atoms with Crippen molar-refractivity contribution in [3.05, 3.63) is 58.6 Å². The summed E-state index contributed by atoms with van der Waals surface area (Å²) in [6.07, 6.45) is 0.302. The normalized spacial score (nSPS) is 10.2. The maximum Gasteiger partial charge on any atom is 0.227 e. The zero-order chi connectivity index (χ0) is 15.2. The van der Waals surface area contributed by atoms with Crippen LogP contribution in [0.3, 0.4) is 0 Å². The topological polar surface area (TPSA) is 38.3 Å². The fourth-order valence-electron chi connectivity index (χ4n) is 1.88.